The number of fused-ring (bicyclic) bond motifs is 1. The van der Waals surface area contributed by atoms with Crippen molar-refractivity contribution in [3.05, 3.63) is 59.3 Å². The van der Waals surface area contributed by atoms with Gasteiger partial charge >= 0.3 is 0 Å². The molecule has 1 aromatic rings. The van der Waals surface area contributed by atoms with Gasteiger partial charge in [0.1, 0.15) is 11.5 Å². The lowest BCUT2D eigenvalue weighted by molar-refractivity contribution is -0.125. The Morgan fingerprint density at radius 2 is 2.03 bits per heavy atom. The molecule has 0 aliphatic carbocycles. The van der Waals surface area contributed by atoms with Crippen LogP contribution in [0.4, 0.5) is 4.39 Å². The van der Waals surface area contributed by atoms with Gasteiger partial charge in [-0.25, -0.2) is 9.38 Å². The number of hydrogen-bond donors (Lipinski definition) is 0. The molecule has 1 amide bonds. The third-order valence-corrected chi connectivity index (χ3v) is 6.87. The number of rotatable bonds is 4. The van der Waals surface area contributed by atoms with E-state index in [2.05, 4.69) is 20.4 Å². The molecule has 1 atom stereocenters. The van der Waals surface area contributed by atoms with Crippen molar-refractivity contribution in [1.82, 2.24) is 9.80 Å². The minimum atomic E-state index is -0.377. The first kappa shape index (κ1) is 26.7. The number of aryl methyl sites for hydroxylation is 1. The fourth-order valence-corrected chi connectivity index (χ4v) is 4.80. The van der Waals surface area contributed by atoms with Gasteiger partial charge in [0.25, 0.3) is 5.91 Å². The number of allylic oxidation sites excluding steroid dienone is 3. The normalized spacial score (nSPS) is 21.1. The summed E-state index contributed by atoms with van der Waals surface area (Å²) in [5.41, 5.74) is 3.22. The van der Waals surface area contributed by atoms with Crippen LogP contribution >= 0.6 is 0 Å². The Labute approximate surface area is 210 Å². The zero-order valence-electron chi connectivity index (χ0n) is 22.0. The van der Waals surface area contributed by atoms with E-state index in [4.69, 9.17) is 9.73 Å². The van der Waals surface area contributed by atoms with Crippen LogP contribution in [0, 0.1) is 5.82 Å². The summed E-state index contributed by atoms with van der Waals surface area (Å²) in [5, 5.41) is 0. The quantitative estimate of drug-likeness (QED) is 0.493. The lowest BCUT2D eigenvalue weighted by Gasteiger charge is -2.31. The molecule has 3 aliphatic heterocycles. The summed E-state index contributed by atoms with van der Waals surface area (Å²) >= 11 is 0. The summed E-state index contributed by atoms with van der Waals surface area (Å²) in [4.78, 5) is 22.0. The highest BCUT2D eigenvalue weighted by molar-refractivity contribution is 6.43. The van der Waals surface area contributed by atoms with Crippen LogP contribution in [0.3, 0.4) is 0 Å². The van der Waals surface area contributed by atoms with E-state index in [1.165, 1.54) is 0 Å². The van der Waals surface area contributed by atoms with E-state index in [0.717, 1.165) is 62.8 Å². The number of likely N-dealkylation sites (tertiary alicyclic amines) is 1. The molecule has 4 rings (SSSR count). The van der Waals surface area contributed by atoms with Crippen LogP contribution in [-0.4, -0.2) is 47.7 Å². The molecule has 3 aliphatic rings. The molecule has 3 heterocycles. The van der Waals surface area contributed by atoms with E-state index >= 15 is 4.39 Å². The highest BCUT2D eigenvalue weighted by atomic mass is 19.1. The average molecular weight is 482 g/mol. The minimum Gasteiger partial charge on any atom is -0.490 e. The van der Waals surface area contributed by atoms with Crippen molar-refractivity contribution in [3.63, 3.8) is 0 Å². The van der Waals surface area contributed by atoms with Crippen molar-refractivity contribution in [3.8, 4) is 5.75 Å². The van der Waals surface area contributed by atoms with Crippen LogP contribution in [-0.2, 0) is 11.2 Å². The first-order valence-corrected chi connectivity index (χ1v) is 13.1. The van der Waals surface area contributed by atoms with E-state index in [-0.39, 0.29) is 17.8 Å². The molecule has 1 fully saturated rings. The van der Waals surface area contributed by atoms with E-state index in [0.29, 0.717) is 35.0 Å². The molecule has 0 radical (unpaired) electrons. The van der Waals surface area contributed by atoms with E-state index < -0.39 is 0 Å². The van der Waals surface area contributed by atoms with Crippen molar-refractivity contribution >= 4 is 17.2 Å². The zero-order chi connectivity index (χ0) is 25.5. The van der Waals surface area contributed by atoms with Crippen LogP contribution in [0.25, 0.3) is 5.57 Å². The molecule has 6 heteroatoms. The fourth-order valence-electron chi connectivity index (χ4n) is 4.80. The summed E-state index contributed by atoms with van der Waals surface area (Å²) in [6.45, 7) is 13.6. The third kappa shape index (κ3) is 5.85. The van der Waals surface area contributed by atoms with Crippen molar-refractivity contribution in [2.45, 2.75) is 78.7 Å². The summed E-state index contributed by atoms with van der Waals surface area (Å²) in [6.07, 6.45) is 10.5. The molecule has 190 valence electrons. The van der Waals surface area contributed by atoms with Crippen molar-refractivity contribution < 1.29 is 13.9 Å². The number of benzene rings is 1. The molecule has 0 aromatic heterocycles. The van der Waals surface area contributed by atoms with Crippen LogP contribution in [0.15, 0.2) is 47.4 Å². The molecule has 0 saturated carbocycles. The number of halogens is 1. The maximum absolute atomic E-state index is 15.2. The summed E-state index contributed by atoms with van der Waals surface area (Å²) in [5.74, 6) is 0.507. The molecule has 0 spiro atoms. The number of carbonyl (C=O) groups is 1. The molecular weight excluding hydrogens is 441 g/mol. The van der Waals surface area contributed by atoms with E-state index in [1.807, 2.05) is 42.8 Å². The largest absolute Gasteiger partial charge is 0.490 e. The van der Waals surface area contributed by atoms with Gasteiger partial charge < -0.3 is 14.5 Å². The second-order valence-corrected chi connectivity index (χ2v) is 9.14. The summed E-state index contributed by atoms with van der Waals surface area (Å²) < 4.78 is 20.8. The number of hydrogen-bond acceptors (Lipinski definition) is 4. The van der Waals surface area contributed by atoms with Gasteiger partial charge in [-0.3, -0.25) is 4.79 Å². The molecule has 0 bridgehead atoms. The third-order valence-electron chi connectivity index (χ3n) is 6.87. The standard InChI is InChI=1S/C27H34FN3O2.C2H6/c1-5-21-17-23(27(32)31-14-8-6-7-10-19(31)3)29-24(30(21)4)16-18(2)22-13-12-20-11-9-15-33-26(20)25(22)28;1-2/h12-13,16-17,19H,2,5-11,14-15H2,1,3-4H3;1-2H3/b24-16-;. The van der Waals surface area contributed by atoms with Crippen LogP contribution < -0.4 is 4.74 Å². The van der Waals surface area contributed by atoms with Gasteiger partial charge in [-0.05, 0) is 62.3 Å². The van der Waals surface area contributed by atoms with Gasteiger partial charge in [0.2, 0.25) is 0 Å². The summed E-state index contributed by atoms with van der Waals surface area (Å²) in [7, 11) is 1.92. The van der Waals surface area contributed by atoms with Crippen LogP contribution in [0.2, 0.25) is 0 Å². The molecular formula is C29H40FN3O2. The lowest BCUT2D eigenvalue weighted by Crippen LogP contribution is -2.43. The molecule has 0 N–H and O–H groups in total. The second-order valence-electron chi connectivity index (χ2n) is 9.14. The van der Waals surface area contributed by atoms with Gasteiger partial charge in [-0.1, -0.05) is 52.3 Å². The first-order valence-electron chi connectivity index (χ1n) is 13.1. The van der Waals surface area contributed by atoms with Crippen LogP contribution in [0.5, 0.6) is 5.75 Å². The molecule has 35 heavy (non-hydrogen) atoms. The highest BCUT2D eigenvalue weighted by Crippen LogP contribution is 2.34. The smallest absolute Gasteiger partial charge is 0.272 e. The van der Waals surface area contributed by atoms with Crippen LogP contribution in [0.1, 0.15) is 77.3 Å². The predicted molar refractivity (Wildman–Crippen MR) is 142 cm³/mol. The maximum atomic E-state index is 15.2. The summed E-state index contributed by atoms with van der Waals surface area (Å²) in [6, 6.07) is 3.88. The highest BCUT2D eigenvalue weighted by Gasteiger charge is 2.28. The van der Waals surface area contributed by atoms with Crippen molar-refractivity contribution in [1.29, 1.82) is 0 Å². The number of aliphatic imine (C=N–C) groups is 1. The van der Waals surface area contributed by atoms with Gasteiger partial charge in [0.15, 0.2) is 11.6 Å². The Kier molecular flexibility index (Phi) is 9.30. The van der Waals surface area contributed by atoms with Crippen molar-refractivity contribution in [2.24, 2.45) is 4.99 Å². The van der Waals surface area contributed by atoms with Gasteiger partial charge in [-0.15, -0.1) is 0 Å². The van der Waals surface area contributed by atoms with Gasteiger partial charge in [-0.2, -0.15) is 0 Å². The second kappa shape index (κ2) is 12.2. The Hall–Kier alpha value is -2.89. The lowest BCUT2D eigenvalue weighted by atomic mass is 9.99. The monoisotopic (exact) mass is 481 g/mol. The maximum Gasteiger partial charge on any atom is 0.272 e. The fraction of sp³-hybridized carbons (Fsp3) is 0.517. The van der Waals surface area contributed by atoms with Crippen molar-refractivity contribution in [2.75, 3.05) is 20.2 Å². The molecule has 5 nitrogen and oxygen atoms in total. The minimum absolute atomic E-state index is 0.0340. The molecule has 1 aromatic carbocycles. The molecule has 1 saturated heterocycles. The van der Waals surface area contributed by atoms with Gasteiger partial charge in [0, 0.05) is 30.9 Å². The van der Waals surface area contributed by atoms with Gasteiger partial charge in [0.05, 0.1) is 6.61 Å². The number of amides is 1. The number of carbonyl (C=O) groups excluding carboxylic acids is 1. The Morgan fingerprint density at radius 3 is 2.77 bits per heavy atom. The SMILES string of the molecule is C=C(/C=C1/N=C(C(=O)N2CCCCCC2C)C=C(CC)N1C)c1ccc2c(c1F)OCCC2.CC. The average Bonchev–Trinajstić information content (AvgIpc) is 3.10. The predicted octanol–water partition coefficient (Wildman–Crippen LogP) is 6.50. The topological polar surface area (TPSA) is 45.1 Å². The Balaban J connectivity index is 0.00000167. The number of ether oxygens (including phenoxy) is 1. The van der Waals surface area contributed by atoms with E-state index in [9.17, 15) is 4.79 Å². The first-order chi connectivity index (χ1) is 16.9. The zero-order valence-corrected chi connectivity index (χ0v) is 22.0. The Morgan fingerprint density at radius 1 is 1.26 bits per heavy atom. The Bertz CT molecular complexity index is 1040. The van der Waals surface area contributed by atoms with E-state index in [1.54, 1.807) is 12.1 Å². The number of nitrogens with zero attached hydrogens (tertiary/aromatic N) is 3. The molecule has 1 unspecified atom stereocenters.